The van der Waals surface area contributed by atoms with E-state index in [9.17, 15) is 4.79 Å². The molecule has 1 aromatic heterocycles. The second-order valence-electron chi connectivity index (χ2n) is 4.62. The van der Waals surface area contributed by atoms with E-state index in [1.165, 1.54) is 12.8 Å². The van der Waals surface area contributed by atoms with Crippen LogP contribution in [0.5, 0.6) is 0 Å². The molecular formula is C11H15N3O. The molecule has 3 heterocycles. The van der Waals surface area contributed by atoms with Gasteiger partial charge in [-0.2, -0.15) is 0 Å². The summed E-state index contributed by atoms with van der Waals surface area (Å²) < 4.78 is 0. The molecule has 0 radical (unpaired) electrons. The van der Waals surface area contributed by atoms with Crippen LogP contribution in [-0.4, -0.2) is 22.1 Å². The highest BCUT2D eigenvalue weighted by atomic mass is 16.1. The SMILES string of the molecule is Cc1nc2c(c(=O)[nH]1)C[C@@H]1CC[C@@H](C2)N1. The van der Waals surface area contributed by atoms with Crippen molar-refractivity contribution >= 4 is 0 Å². The van der Waals surface area contributed by atoms with Crippen LogP contribution in [0.25, 0.3) is 0 Å². The Morgan fingerprint density at radius 3 is 2.80 bits per heavy atom. The Morgan fingerprint density at radius 2 is 2.00 bits per heavy atom. The molecule has 0 saturated carbocycles. The molecule has 4 nitrogen and oxygen atoms in total. The Morgan fingerprint density at radius 1 is 1.27 bits per heavy atom. The van der Waals surface area contributed by atoms with E-state index in [4.69, 9.17) is 0 Å². The molecule has 0 amide bonds. The highest BCUT2D eigenvalue weighted by Gasteiger charge is 2.30. The van der Waals surface area contributed by atoms with Crippen LogP contribution in [0.2, 0.25) is 0 Å². The lowest BCUT2D eigenvalue weighted by atomic mass is 9.98. The topological polar surface area (TPSA) is 57.8 Å². The van der Waals surface area contributed by atoms with Crippen LogP contribution in [-0.2, 0) is 12.8 Å². The molecule has 0 aliphatic carbocycles. The number of aryl methyl sites for hydroxylation is 1. The minimum absolute atomic E-state index is 0.0619. The van der Waals surface area contributed by atoms with E-state index >= 15 is 0 Å². The molecular weight excluding hydrogens is 190 g/mol. The second kappa shape index (κ2) is 3.17. The lowest BCUT2D eigenvalue weighted by Gasteiger charge is -2.10. The third-order valence-corrected chi connectivity index (χ3v) is 3.44. The van der Waals surface area contributed by atoms with E-state index in [2.05, 4.69) is 15.3 Å². The van der Waals surface area contributed by atoms with Crippen LogP contribution in [0.3, 0.4) is 0 Å². The first-order valence-corrected chi connectivity index (χ1v) is 5.57. The van der Waals surface area contributed by atoms with Crippen LogP contribution in [0.1, 0.15) is 29.9 Å². The molecule has 1 aromatic rings. The van der Waals surface area contributed by atoms with Crippen molar-refractivity contribution in [1.82, 2.24) is 15.3 Å². The average Bonchev–Trinajstić information content (AvgIpc) is 2.48. The largest absolute Gasteiger partial charge is 0.311 e. The molecule has 0 spiro atoms. The summed E-state index contributed by atoms with van der Waals surface area (Å²) in [6.07, 6.45) is 4.17. The summed E-state index contributed by atoms with van der Waals surface area (Å²) in [6.45, 7) is 1.85. The molecule has 2 aliphatic rings. The first-order valence-electron chi connectivity index (χ1n) is 5.57. The number of aromatic nitrogens is 2. The van der Waals surface area contributed by atoms with Gasteiger partial charge in [0.25, 0.3) is 5.56 Å². The summed E-state index contributed by atoms with van der Waals surface area (Å²) in [7, 11) is 0. The standard InChI is InChI=1S/C11H15N3O/c1-6-12-10-5-8-3-2-7(14-8)4-9(10)11(15)13-6/h7-8,14H,2-5H2,1H3,(H,12,13,15)/t7-,8-/m0/s1. The van der Waals surface area contributed by atoms with Gasteiger partial charge in [0.05, 0.1) is 5.69 Å². The molecule has 3 rings (SSSR count). The molecule has 1 fully saturated rings. The lowest BCUT2D eigenvalue weighted by Crippen LogP contribution is -2.29. The summed E-state index contributed by atoms with van der Waals surface area (Å²) in [5, 5.41) is 3.55. The van der Waals surface area contributed by atoms with Gasteiger partial charge < -0.3 is 10.3 Å². The van der Waals surface area contributed by atoms with Gasteiger partial charge in [0.1, 0.15) is 5.82 Å². The number of fused-ring (bicyclic) bond motifs is 3. The molecule has 0 aromatic carbocycles. The van der Waals surface area contributed by atoms with Gasteiger partial charge in [0, 0.05) is 24.1 Å². The zero-order valence-electron chi connectivity index (χ0n) is 8.84. The number of hydrogen-bond acceptors (Lipinski definition) is 3. The van der Waals surface area contributed by atoms with Gasteiger partial charge in [-0.1, -0.05) is 0 Å². The molecule has 0 unspecified atom stereocenters. The van der Waals surface area contributed by atoms with Crippen LogP contribution in [0.4, 0.5) is 0 Å². The molecule has 2 aliphatic heterocycles. The fourth-order valence-corrected chi connectivity index (χ4v) is 2.75. The molecule has 1 saturated heterocycles. The molecule has 2 bridgehead atoms. The lowest BCUT2D eigenvalue weighted by molar-refractivity contribution is 0.552. The fraction of sp³-hybridized carbons (Fsp3) is 0.636. The number of nitrogens with zero attached hydrogens (tertiary/aromatic N) is 1. The molecule has 2 atom stereocenters. The highest BCUT2D eigenvalue weighted by Crippen LogP contribution is 2.23. The Balaban J connectivity index is 2.12. The number of nitrogens with one attached hydrogen (secondary N) is 2. The Bertz CT molecular complexity index is 452. The Hall–Kier alpha value is -1.16. The van der Waals surface area contributed by atoms with Crippen molar-refractivity contribution < 1.29 is 0 Å². The third-order valence-electron chi connectivity index (χ3n) is 3.44. The fourth-order valence-electron chi connectivity index (χ4n) is 2.75. The first-order chi connectivity index (χ1) is 7.22. The first kappa shape index (κ1) is 9.09. The van der Waals surface area contributed by atoms with E-state index in [1.54, 1.807) is 0 Å². The number of H-pyrrole nitrogens is 1. The van der Waals surface area contributed by atoms with Crippen molar-refractivity contribution in [3.8, 4) is 0 Å². The predicted molar refractivity (Wildman–Crippen MR) is 56.9 cm³/mol. The highest BCUT2D eigenvalue weighted by molar-refractivity contribution is 5.23. The zero-order chi connectivity index (χ0) is 10.4. The molecule has 15 heavy (non-hydrogen) atoms. The Labute approximate surface area is 88.1 Å². The monoisotopic (exact) mass is 205 g/mol. The smallest absolute Gasteiger partial charge is 0.254 e. The minimum Gasteiger partial charge on any atom is -0.311 e. The van der Waals surface area contributed by atoms with E-state index in [1.807, 2.05) is 6.92 Å². The van der Waals surface area contributed by atoms with Gasteiger partial charge >= 0.3 is 0 Å². The van der Waals surface area contributed by atoms with Crippen LogP contribution < -0.4 is 10.9 Å². The molecule has 4 heteroatoms. The third kappa shape index (κ3) is 1.49. The predicted octanol–water partition coefficient (Wildman–Crippen LogP) is 0.298. The van der Waals surface area contributed by atoms with Gasteiger partial charge in [-0.3, -0.25) is 4.79 Å². The maximum atomic E-state index is 11.8. The van der Waals surface area contributed by atoms with Crippen LogP contribution in [0.15, 0.2) is 4.79 Å². The van der Waals surface area contributed by atoms with Crippen LogP contribution in [0, 0.1) is 6.92 Å². The summed E-state index contributed by atoms with van der Waals surface area (Å²) in [4.78, 5) is 19.0. The quantitative estimate of drug-likeness (QED) is 0.640. The summed E-state index contributed by atoms with van der Waals surface area (Å²) in [5.74, 6) is 0.733. The van der Waals surface area contributed by atoms with Crippen molar-refractivity contribution in [2.24, 2.45) is 0 Å². The molecule has 80 valence electrons. The van der Waals surface area contributed by atoms with E-state index in [0.717, 1.165) is 29.9 Å². The van der Waals surface area contributed by atoms with Gasteiger partial charge in [-0.15, -0.1) is 0 Å². The summed E-state index contributed by atoms with van der Waals surface area (Å²) in [6, 6.07) is 1.02. The van der Waals surface area contributed by atoms with Gasteiger partial charge in [0.2, 0.25) is 0 Å². The van der Waals surface area contributed by atoms with Crippen molar-refractivity contribution in [3.63, 3.8) is 0 Å². The van der Waals surface area contributed by atoms with Crippen LogP contribution >= 0.6 is 0 Å². The Kier molecular flexibility index (Phi) is 1.92. The number of aromatic amines is 1. The van der Waals surface area contributed by atoms with Gasteiger partial charge in [0.15, 0.2) is 0 Å². The van der Waals surface area contributed by atoms with Gasteiger partial charge in [-0.25, -0.2) is 4.98 Å². The normalized spacial score (nSPS) is 28.6. The maximum Gasteiger partial charge on any atom is 0.254 e. The van der Waals surface area contributed by atoms with Gasteiger partial charge in [-0.05, 0) is 26.2 Å². The zero-order valence-corrected chi connectivity index (χ0v) is 8.84. The summed E-state index contributed by atoms with van der Waals surface area (Å²) in [5.41, 5.74) is 1.98. The molecule has 2 N–H and O–H groups in total. The van der Waals surface area contributed by atoms with Crippen molar-refractivity contribution in [1.29, 1.82) is 0 Å². The van der Waals surface area contributed by atoms with Crippen molar-refractivity contribution in [2.75, 3.05) is 0 Å². The van der Waals surface area contributed by atoms with Crippen molar-refractivity contribution in [2.45, 2.75) is 44.7 Å². The van der Waals surface area contributed by atoms with E-state index in [-0.39, 0.29) is 5.56 Å². The second-order valence-corrected chi connectivity index (χ2v) is 4.62. The maximum absolute atomic E-state index is 11.8. The minimum atomic E-state index is 0.0619. The summed E-state index contributed by atoms with van der Waals surface area (Å²) >= 11 is 0. The van der Waals surface area contributed by atoms with E-state index < -0.39 is 0 Å². The van der Waals surface area contributed by atoms with E-state index in [0.29, 0.717) is 12.1 Å². The number of hydrogen-bond donors (Lipinski definition) is 2. The number of rotatable bonds is 0. The van der Waals surface area contributed by atoms with Crippen molar-refractivity contribution in [3.05, 3.63) is 27.4 Å². The average molecular weight is 205 g/mol.